The van der Waals surface area contributed by atoms with Crippen molar-refractivity contribution in [2.45, 2.75) is 32.4 Å². The zero-order valence-electron chi connectivity index (χ0n) is 16.4. The zero-order chi connectivity index (χ0) is 19.4. The van der Waals surface area contributed by atoms with Crippen molar-refractivity contribution in [3.63, 3.8) is 0 Å². The van der Waals surface area contributed by atoms with Crippen LogP contribution in [0.4, 0.5) is 0 Å². The topological polar surface area (TPSA) is 60.9 Å². The van der Waals surface area contributed by atoms with E-state index in [0.29, 0.717) is 25.9 Å². The lowest BCUT2D eigenvalue weighted by atomic mass is 9.96. The first-order chi connectivity index (χ1) is 12.9. The van der Waals surface area contributed by atoms with Crippen molar-refractivity contribution < 1.29 is 13.2 Å². The summed E-state index contributed by atoms with van der Waals surface area (Å²) in [5.41, 5.74) is 1.89. The number of sulfonamides is 1. The second-order valence-electron chi connectivity index (χ2n) is 7.68. The maximum atomic E-state index is 12.8. The molecule has 0 atom stereocenters. The van der Waals surface area contributed by atoms with E-state index in [2.05, 4.69) is 11.8 Å². The molecule has 0 aromatic heterocycles. The minimum absolute atomic E-state index is 0.0340. The fourth-order valence-electron chi connectivity index (χ4n) is 4.03. The summed E-state index contributed by atoms with van der Waals surface area (Å²) >= 11 is 0. The molecule has 2 aliphatic heterocycles. The number of rotatable bonds is 5. The highest BCUT2D eigenvalue weighted by Gasteiger charge is 2.33. The van der Waals surface area contributed by atoms with Crippen LogP contribution >= 0.6 is 0 Å². The lowest BCUT2D eigenvalue weighted by Crippen LogP contribution is -2.51. The molecule has 2 saturated heterocycles. The number of piperidine rings is 1. The smallest absolute Gasteiger partial charge is 0.225 e. The van der Waals surface area contributed by atoms with Gasteiger partial charge in [-0.25, -0.2) is 12.7 Å². The van der Waals surface area contributed by atoms with Crippen molar-refractivity contribution in [1.82, 2.24) is 14.1 Å². The van der Waals surface area contributed by atoms with E-state index in [1.165, 1.54) is 0 Å². The number of hydrogen-bond acceptors (Lipinski definition) is 4. The van der Waals surface area contributed by atoms with Gasteiger partial charge in [-0.1, -0.05) is 36.8 Å². The van der Waals surface area contributed by atoms with E-state index in [-0.39, 0.29) is 17.6 Å². The van der Waals surface area contributed by atoms with Crippen molar-refractivity contribution in [2.24, 2.45) is 5.92 Å². The van der Waals surface area contributed by atoms with Crippen LogP contribution in [0.1, 0.15) is 30.9 Å². The van der Waals surface area contributed by atoms with Gasteiger partial charge in [0, 0.05) is 45.2 Å². The molecule has 2 aliphatic rings. The molecule has 150 valence electrons. The highest BCUT2D eigenvalue weighted by molar-refractivity contribution is 7.88. The van der Waals surface area contributed by atoms with Crippen LogP contribution in [-0.2, 0) is 20.6 Å². The Balaban J connectivity index is 1.53. The number of nitrogens with zero attached hydrogens (tertiary/aromatic N) is 3. The number of hydrogen-bond donors (Lipinski definition) is 0. The maximum absolute atomic E-state index is 12.8. The molecule has 6 nitrogen and oxygen atoms in total. The van der Waals surface area contributed by atoms with E-state index in [1.807, 2.05) is 36.1 Å². The summed E-state index contributed by atoms with van der Waals surface area (Å²) in [6.07, 6.45) is 1.25. The normalized spacial score (nSPS) is 20.7. The minimum Gasteiger partial charge on any atom is -0.340 e. The minimum atomic E-state index is -3.34. The van der Waals surface area contributed by atoms with Crippen molar-refractivity contribution in [3.05, 3.63) is 35.4 Å². The second kappa shape index (κ2) is 8.71. The summed E-state index contributed by atoms with van der Waals surface area (Å²) in [6.45, 7) is 9.48. The largest absolute Gasteiger partial charge is 0.340 e. The van der Waals surface area contributed by atoms with Crippen molar-refractivity contribution in [3.8, 4) is 0 Å². The summed E-state index contributed by atoms with van der Waals surface area (Å²) in [5, 5.41) is 0. The van der Waals surface area contributed by atoms with Crippen molar-refractivity contribution >= 4 is 15.9 Å². The first-order valence-electron chi connectivity index (χ1n) is 9.93. The van der Waals surface area contributed by atoms with Crippen LogP contribution in [0.3, 0.4) is 0 Å². The van der Waals surface area contributed by atoms with Crippen molar-refractivity contribution in [2.75, 3.05) is 45.8 Å². The van der Waals surface area contributed by atoms with Gasteiger partial charge in [-0.05, 0) is 31.9 Å². The fraction of sp³-hybridized carbons (Fsp3) is 0.650. The van der Waals surface area contributed by atoms with Crippen LogP contribution in [0, 0.1) is 12.8 Å². The number of carbonyl (C=O) groups is 1. The highest BCUT2D eigenvalue weighted by atomic mass is 32.2. The molecule has 0 bridgehead atoms. The van der Waals surface area contributed by atoms with E-state index >= 15 is 0 Å². The van der Waals surface area contributed by atoms with Crippen LogP contribution in [0.25, 0.3) is 0 Å². The number of likely N-dealkylation sites (N-methyl/N-ethyl adjacent to an activating group) is 1. The molecule has 3 rings (SSSR count). The third-order valence-corrected chi connectivity index (χ3v) is 7.61. The van der Waals surface area contributed by atoms with Crippen LogP contribution in [0.2, 0.25) is 0 Å². The molecule has 2 heterocycles. The van der Waals surface area contributed by atoms with Gasteiger partial charge in [-0.15, -0.1) is 0 Å². The highest BCUT2D eigenvalue weighted by Crippen LogP contribution is 2.24. The van der Waals surface area contributed by atoms with Gasteiger partial charge in [0.05, 0.1) is 5.75 Å². The van der Waals surface area contributed by atoms with Crippen LogP contribution < -0.4 is 0 Å². The molecule has 1 amide bonds. The summed E-state index contributed by atoms with van der Waals surface area (Å²) in [7, 11) is -3.34. The average molecular weight is 394 g/mol. The van der Waals surface area contributed by atoms with Gasteiger partial charge in [-0.2, -0.15) is 0 Å². The Morgan fingerprint density at radius 2 is 1.74 bits per heavy atom. The quantitative estimate of drug-likeness (QED) is 0.764. The Kier molecular flexibility index (Phi) is 6.55. The monoisotopic (exact) mass is 393 g/mol. The molecule has 1 aromatic rings. The van der Waals surface area contributed by atoms with E-state index < -0.39 is 10.0 Å². The molecule has 0 aliphatic carbocycles. The van der Waals surface area contributed by atoms with E-state index in [9.17, 15) is 13.2 Å². The van der Waals surface area contributed by atoms with E-state index in [4.69, 9.17) is 0 Å². The van der Waals surface area contributed by atoms with Gasteiger partial charge < -0.3 is 9.80 Å². The Morgan fingerprint density at radius 1 is 1.07 bits per heavy atom. The van der Waals surface area contributed by atoms with Gasteiger partial charge in [-0.3, -0.25) is 4.79 Å². The molecular weight excluding hydrogens is 362 g/mol. The molecule has 0 saturated carbocycles. The Hall–Kier alpha value is -1.44. The molecule has 0 unspecified atom stereocenters. The Labute approximate surface area is 163 Å². The van der Waals surface area contributed by atoms with Crippen LogP contribution in [0.15, 0.2) is 24.3 Å². The SMILES string of the molecule is CCN1CCN(C(=O)C2CCN(S(=O)(=O)Cc3cccc(C)c3)CC2)CC1. The lowest BCUT2D eigenvalue weighted by Gasteiger charge is -2.38. The summed E-state index contributed by atoms with van der Waals surface area (Å²) < 4.78 is 27.0. The molecule has 1 aromatic carbocycles. The van der Waals surface area contributed by atoms with Gasteiger partial charge in [0.2, 0.25) is 15.9 Å². The summed E-state index contributed by atoms with van der Waals surface area (Å²) in [6, 6.07) is 7.64. The van der Waals surface area contributed by atoms with Crippen LogP contribution in [0.5, 0.6) is 0 Å². The van der Waals surface area contributed by atoms with Crippen molar-refractivity contribution in [1.29, 1.82) is 0 Å². The number of amides is 1. The van der Waals surface area contributed by atoms with Gasteiger partial charge in [0.1, 0.15) is 0 Å². The number of piperazine rings is 1. The first kappa shape index (κ1) is 20.3. The second-order valence-corrected chi connectivity index (χ2v) is 9.65. The third-order valence-electron chi connectivity index (χ3n) is 5.76. The number of aryl methyl sites for hydroxylation is 1. The van der Waals surface area contributed by atoms with E-state index in [1.54, 1.807) is 4.31 Å². The number of benzene rings is 1. The molecular formula is C20H31N3O3S. The average Bonchev–Trinajstić information content (AvgIpc) is 2.67. The molecule has 0 spiro atoms. The van der Waals surface area contributed by atoms with Crippen LogP contribution in [-0.4, -0.2) is 74.2 Å². The number of carbonyl (C=O) groups excluding carboxylic acids is 1. The summed E-state index contributed by atoms with van der Waals surface area (Å²) in [5.74, 6) is 0.205. The molecule has 2 fully saturated rings. The summed E-state index contributed by atoms with van der Waals surface area (Å²) in [4.78, 5) is 17.1. The Morgan fingerprint density at radius 3 is 2.33 bits per heavy atom. The fourth-order valence-corrected chi connectivity index (χ4v) is 5.58. The van der Waals surface area contributed by atoms with Gasteiger partial charge in [0.15, 0.2) is 0 Å². The standard InChI is InChI=1S/C20H31N3O3S/c1-3-21-11-13-22(14-12-21)20(24)19-7-9-23(10-8-19)27(25,26)16-18-6-4-5-17(2)15-18/h4-6,15,19H,3,7-14,16H2,1-2H3. The lowest BCUT2D eigenvalue weighted by molar-refractivity contribution is -0.138. The zero-order valence-corrected chi connectivity index (χ0v) is 17.2. The first-order valence-corrected chi connectivity index (χ1v) is 11.5. The molecule has 0 N–H and O–H groups in total. The predicted octanol–water partition coefficient (Wildman–Crippen LogP) is 1.70. The maximum Gasteiger partial charge on any atom is 0.225 e. The van der Waals surface area contributed by atoms with Gasteiger partial charge in [0.25, 0.3) is 0 Å². The molecule has 7 heteroatoms. The Bertz CT molecular complexity index is 749. The predicted molar refractivity (Wildman–Crippen MR) is 107 cm³/mol. The third kappa shape index (κ3) is 5.09. The van der Waals surface area contributed by atoms with E-state index in [0.717, 1.165) is 43.9 Å². The molecule has 0 radical (unpaired) electrons. The van der Waals surface area contributed by atoms with Gasteiger partial charge >= 0.3 is 0 Å². The molecule has 27 heavy (non-hydrogen) atoms.